The van der Waals surface area contributed by atoms with E-state index in [0.29, 0.717) is 11.5 Å². The largest absolute Gasteiger partial charge is 0.477 e. The van der Waals surface area contributed by atoms with Crippen LogP contribution in [0, 0.1) is 0 Å². The molecule has 0 saturated carbocycles. The number of hydrogen-bond donors (Lipinski definition) is 1. The van der Waals surface area contributed by atoms with Gasteiger partial charge in [0.15, 0.2) is 10.6 Å². The highest BCUT2D eigenvalue weighted by Gasteiger charge is 2.23. The maximum absolute atomic E-state index is 11.3. The first kappa shape index (κ1) is 10.6. The third kappa shape index (κ3) is 2.25. The van der Waals surface area contributed by atoms with Crippen molar-refractivity contribution >= 4 is 23.5 Å². The molecular weight excluding hydrogens is 208 g/mol. The first-order chi connectivity index (χ1) is 6.52. The van der Waals surface area contributed by atoms with Gasteiger partial charge in [-0.15, -0.1) is 5.10 Å². The van der Waals surface area contributed by atoms with Crippen LogP contribution in [0.25, 0.3) is 0 Å². The van der Waals surface area contributed by atoms with Gasteiger partial charge in [0.2, 0.25) is 0 Å². The zero-order chi connectivity index (χ0) is 10.7. The normalized spacial score (nSPS) is 10.2. The first-order valence-corrected chi connectivity index (χ1v) is 4.56. The van der Waals surface area contributed by atoms with Gasteiger partial charge >= 0.3 is 11.9 Å². The van der Waals surface area contributed by atoms with Crippen LogP contribution < -0.4 is 0 Å². The van der Waals surface area contributed by atoms with E-state index in [0.717, 1.165) is 0 Å². The average Bonchev–Trinajstić information content (AvgIpc) is 2.49. The average molecular weight is 216 g/mol. The third-order valence-corrected chi connectivity index (χ3v) is 1.93. The number of aromatic nitrogens is 2. The molecule has 0 atom stereocenters. The maximum Gasteiger partial charge on any atom is 0.360 e. The monoisotopic (exact) mass is 216 g/mol. The van der Waals surface area contributed by atoms with Gasteiger partial charge < -0.3 is 9.84 Å². The Morgan fingerprint density at radius 2 is 2.14 bits per heavy atom. The summed E-state index contributed by atoms with van der Waals surface area (Å²) >= 11 is 0.652. The molecule has 0 fully saturated rings. The Bertz CT molecular complexity index is 360. The van der Waals surface area contributed by atoms with Crippen molar-refractivity contribution in [3.8, 4) is 0 Å². The summed E-state index contributed by atoms with van der Waals surface area (Å²) in [7, 11) is 0. The van der Waals surface area contributed by atoms with Gasteiger partial charge in [0.25, 0.3) is 0 Å². The van der Waals surface area contributed by atoms with Crippen molar-refractivity contribution in [2.75, 3.05) is 0 Å². The Labute approximate surface area is 83.7 Å². The Morgan fingerprint density at radius 3 is 2.64 bits per heavy atom. The van der Waals surface area contributed by atoms with Gasteiger partial charge in [-0.3, -0.25) is 0 Å². The van der Waals surface area contributed by atoms with Crippen molar-refractivity contribution in [2.45, 2.75) is 20.0 Å². The lowest BCUT2D eigenvalue weighted by Crippen LogP contribution is -2.14. The van der Waals surface area contributed by atoms with E-state index in [2.05, 4.69) is 9.59 Å². The Morgan fingerprint density at radius 1 is 1.50 bits per heavy atom. The number of carboxylic acids is 1. The van der Waals surface area contributed by atoms with Crippen molar-refractivity contribution in [3.05, 3.63) is 10.6 Å². The number of carboxylic acid groups (broad SMARTS) is 1. The first-order valence-electron chi connectivity index (χ1n) is 3.79. The summed E-state index contributed by atoms with van der Waals surface area (Å²) in [5, 5.41) is 12.1. The molecule has 0 radical (unpaired) electrons. The Hall–Kier alpha value is -1.50. The predicted molar refractivity (Wildman–Crippen MR) is 47.4 cm³/mol. The predicted octanol–water partition coefficient (Wildman–Crippen LogP) is 0.801. The summed E-state index contributed by atoms with van der Waals surface area (Å²) < 4.78 is 8.17. The van der Waals surface area contributed by atoms with Crippen molar-refractivity contribution < 1.29 is 19.4 Å². The van der Waals surface area contributed by atoms with E-state index in [1.54, 1.807) is 13.8 Å². The second-order valence-corrected chi connectivity index (χ2v) is 3.46. The highest BCUT2D eigenvalue weighted by atomic mass is 32.1. The lowest BCUT2D eigenvalue weighted by Gasteiger charge is -2.05. The number of rotatable bonds is 3. The number of aromatic carboxylic acids is 1. The number of nitrogens with zero attached hydrogens (tertiary/aromatic N) is 2. The minimum absolute atomic E-state index is 0.198. The smallest absolute Gasteiger partial charge is 0.360 e. The lowest BCUT2D eigenvalue weighted by molar-refractivity contribution is 0.0364. The second kappa shape index (κ2) is 4.14. The minimum atomic E-state index is -1.23. The van der Waals surface area contributed by atoms with Crippen LogP contribution in [0.15, 0.2) is 0 Å². The number of ether oxygens (including phenoxy) is 1. The fourth-order valence-electron chi connectivity index (χ4n) is 0.734. The standard InChI is InChI=1S/C7H8N2O4S/c1-3(2)13-7(12)4-5(6(10)11)14-9-8-4/h3H,1-2H3,(H,10,11). The molecule has 6 nitrogen and oxygen atoms in total. The maximum atomic E-state index is 11.3. The number of esters is 1. The molecule has 14 heavy (non-hydrogen) atoms. The van der Waals surface area contributed by atoms with E-state index in [1.807, 2.05) is 0 Å². The molecule has 0 aliphatic heterocycles. The number of carbonyl (C=O) groups excluding carboxylic acids is 1. The molecule has 0 unspecified atom stereocenters. The van der Waals surface area contributed by atoms with Gasteiger partial charge in [-0.2, -0.15) is 0 Å². The highest BCUT2D eigenvalue weighted by molar-refractivity contribution is 7.08. The zero-order valence-corrected chi connectivity index (χ0v) is 8.37. The molecule has 0 aromatic carbocycles. The second-order valence-electron chi connectivity index (χ2n) is 2.71. The van der Waals surface area contributed by atoms with Crippen LogP contribution in [0.3, 0.4) is 0 Å². The van der Waals surface area contributed by atoms with Gasteiger partial charge in [0.05, 0.1) is 6.10 Å². The molecule has 1 rings (SSSR count). The summed E-state index contributed by atoms with van der Waals surface area (Å²) in [5.41, 5.74) is -0.240. The molecule has 1 heterocycles. The molecule has 1 N–H and O–H groups in total. The molecule has 7 heteroatoms. The lowest BCUT2D eigenvalue weighted by atomic mass is 10.3. The van der Waals surface area contributed by atoms with Crippen LogP contribution in [0.1, 0.15) is 34.0 Å². The van der Waals surface area contributed by atoms with Crippen molar-refractivity contribution in [2.24, 2.45) is 0 Å². The van der Waals surface area contributed by atoms with Crippen LogP contribution in [0.4, 0.5) is 0 Å². The molecule has 0 aliphatic carbocycles. The topological polar surface area (TPSA) is 89.4 Å². The van der Waals surface area contributed by atoms with Gasteiger partial charge in [0, 0.05) is 0 Å². The molecular formula is C7H8N2O4S. The number of hydrogen-bond acceptors (Lipinski definition) is 6. The molecule has 0 amide bonds. The molecule has 1 aromatic rings. The Kier molecular flexibility index (Phi) is 3.13. The molecule has 76 valence electrons. The van der Waals surface area contributed by atoms with Crippen LogP contribution in [0.2, 0.25) is 0 Å². The fourth-order valence-corrected chi connectivity index (χ4v) is 1.23. The van der Waals surface area contributed by atoms with E-state index >= 15 is 0 Å². The number of carbonyl (C=O) groups is 2. The quantitative estimate of drug-likeness (QED) is 0.751. The molecule has 0 saturated heterocycles. The van der Waals surface area contributed by atoms with E-state index in [-0.39, 0.29) is 16.7 Å². The minimum Gasteiger partial charge on any atom is -0.477 e. The SMILES string of the molecule is CC(C)OC(=O)c1nnsc1C(=O)O. The molecule has 0 bridgehead atoms. The van der Waals surface area contributed by atoms with E-state index in [4.69, 9.17) is 9.84 Å². The van der Waals surface area contributed by atoms with Crippen molar-refractivity contribution in [3.63, 3.8) is 0 Å². The van der Waals surface area contributed by atoms with E-state index < -0.39 is 11.9 Å². The van der Waals surface area contributed by atoms with Crippen molar-refractivity contribution in [1.82, 2.24) is 9.59 Å². The van der Waals surface area contributed by atoms with Crippen LogP contribution in [-0.2, 0) is 4.74 Å². The van der Waals surface area contributed by atoms with Crippen LogP contribution >= 0.6 is 11.5 Å². The van der Waals surface area contributed by atoms with Gasteiger partial charge in [-0.05, 0) is 25.4 Å². The van der Waals surface area contributed by atoms with Gasteiger partial charge in [0.1, 0.15) is 0 Å². The summed E-state index contributed by atoms with van der Waals surface area (Å²) in [5.74, 6) is -1.98. The molecule has 0 spiro atoms. The summed E-state index contributed by atoms with van der Waals surface area (Å²) in [6.07, 6.45) is -0.314. The van der Waals surface area contributed by atoms with Gasteiger partial charge in [-0.1, -0.05) is 4.49 Å². The van der Waals surface area contributed by atoms with E-state index in [1.165, 1.54) is 0 Å². The molecule has 0 aliphatic rings. The van der Waals surface area contributed by atoms with E-state index in [9.17, 15) is 9.59 Å². The zero-order valence-electron chi connectivity index (χ0n) is 7.55. The van der Waals surface area contributed by atoms with Gasteiger partial charge in [-0.25, -0.2) is 9.59 Å². The summed E-state index contributed by atoms with van der Waals surface area (Å²) in [6.45, 7) is 3.33. The van der Waals surface area contributed by atoms with Crippen LogP contribution in [0.5, 0.6) is 0 Å². The van der Waals surface area contributed by atoms with Crippen LogP contribution in [-0.4, -0.2) is 32.7 Å². The fraction of sp³-hybridized carbons (Fsp3) is 0.429. The van der Waals surface area contributed by atoms with Crippen molar-refractivity contribution in [1.29, 1.82) is 0 Å². The summed E-state index contributed by atoms with van der Waals surface area (Å²) in [4.78, 5) is 21.7. The Balaban J connectivity index is 2.90. The highest BCUT2D eigenvalue weighted by Crippen LogP contribution is 2.12. The summed E-state index contributed by atoms with van der Waals surface area (Å²) in [6, 6.07) is 0. The molecule has 1 aromatic heterocycles. The third-order valence-electron chi connectivity index (χ3n) is 1.22.